The highest BCUT2D eigenvalue weighted by Gasteiger charge is 2.29. The number of aromatic nitrogens is 4. The van der Waals surface area contributed by atoms with Gasteiger partial charge < -0.3 is 10.5 Å². The van der Waals surface area contributed by atoms with Crippen LogP contribution in [0, 0.1) is 0 Å². The van der Waals surface area contributed by atoms with E-state index >= 15 is 0 Å². The number of halogens is 1. The van der Waals surface area contributed by atoms with E-state index in [2.05, 4.69) is 20.2 Å². The van der Waals surface area contributed by atoms with E-state index in [-0.39, 0.29) is 12.2 Å². The van der Waals surface area contributed by atoms with Crippen molar-refractivity contribution in [2.24, 2.45) is 0 Å². The number of ether oxygens (including phenoxy) is 1. The molecule has 0 amide bonds. The molecular formula is C10H12ClN5O. The second-order valence-corrected chi connectivity index (χ2v) is 4.38. The summed E-state index contributed by atoms with van der Waals surface area (Å²) >= 11 is 5.78. The molecule has 0 bridgehead atoms. The maximum absolute atomic E-state index is 5.80. The van der Waals surface area contributed by atoms with Crippen LogP contribution in [0.2, 0.25) is 0 Å². The number of nitrogens with zero attached hydrogens (tertiary/aromatic N) is 3. The number of alkyl halides is 1. The number of aromatic amines is 1. The van der Waals surface area contributed by atoms with Gasteiger partial charge in [0.15, 0.2) is 11.3 Å². The monoisotopic (exact) mass is 253 g/mol. The molecule has 7 heteroatoms. The molecule has 2 aromatic rings. The molecular weight excluding hydrogens is 242 g/mol. The summed E-state index contributed by atoms with van der Waals surface area (Å²) in [7, 11) is 0. The first-order valence-corrected chi connectivity index (χ1v) is 5.99. The third-order valence-electron chi connectivity index (χ3n) is 3.00. The van der Waals surface area contributed by atoms with Crippen molar-refractivity contribution in [1.29, 1.82) is 0 Å². The quantitative estimate of drug-likeness (QED) is 0.790. The minimum Gasteiger partial charge on any atom is -0.382 e. The minimum atomic E-state index is -0.0296. The first kappa shape index (κ1) is 10.7. The minimum absolute atomic E-state index is 0.0296. The third-order valence-corrected chi connectivity index (χ3v) is 3.34. The first-order chi connectivity index (χ1) is 8.29. The first-order valence-electron chi connectivity index (χ1n) is 5.45. The average Bonchev–Trinajstić information content (AvgIpc) is 2.94. The standard InChI is InChI=1S/C10H12ClN5O/c11-3-5-1-2-6(17-5)7-8-9(16-15-7)10(12)14-4-13-8/h4-6H,1-3H2,(H,15,16)(H2,12,13,14). The van der Waals surface area contributed by atoms with E-state index in [1.54, 1.807) is 0 Å². The van der Waals surface area contributed by atoms with Crippen molar-refractivity contribution < 1.29 is 4.74 Å². The molecule has 2 atom stereocenters. The second kappa shape index (κ2) is 4.12. The molecule has 6 nitrogen and oxygen atoms in total. The Balaban J connectivity index is 1.99. The van der Waals surface area contributed by atoms with Gasteiger partial charge in [-0.3, -0.25) is 5.10 Å². The van der Waals surface area contributed by atoms with Crippen LogP contribution in [0.25, 0.3) is 11.0 Å². The summed E-state index contributed by atoms with van der Waals surface area (Å²) in [5, 5.41) is 7.07. The molecule has 90 valence electrons. The van der Waals surface area contributed by atoms with Gasteiger partial charge >= 0.3 is 0 Å². The van der Waals surface area contributed by atoms with E-state index in [1.165, 1.54) is 6.33 Å². The Labute approximate surface area is 103 Å². The van der Waals surface area contributed by atoms with E-state index in [0.717, 1.165) is 24.1 Å². The van der Waals surface area contributed by atoms with E-state index in [1.807, 2.05) is 0 Å². The van der Waals surface area contributed by atoms with Crippen molar-refractivity contribution in [1.82, 2.24) is 20.2 Å². The molecule has 17 heavy (non-hydrogen) atoms. The number of hydrogen-bond acceptors (Lipinski definition) is 5. The Bertz CT molecular complexity index is 542. The Hall–Kier alpha value is -1.40. The summed E-state index contributed by atoms with van der Waals surface area (Å²) in [4.78, 5) is 8.10. The van der Waals surface area contributed by atoms with Gasteiger partial charge in [-0.15, -0.1) is 11.6 Å². The molecule has 0 spiro atoms. The highest BCUT2D eigenvalue weighted by Crippen LogP contribution is 2.35. The van der Waals surface area contributed by atoms with E-state index in [9.17, 15) is 0 Å². The van der Waals surface area contributed by atoms with Gasteiger partial charge in [-0.1, -0.05) is 0 Å². The van der Waals surface area contributed by atoms with Crippen molar-refractivity contribution in [2.75, 3.05) is 11.6 Å². The van der Waals surface area contributed by atoms with Gasteiger partial charge in [0.1, 0.15) is 17.9 Å². The van der Waals surface area contributed by atoms with Crippen LogP contribution in [0.1, 0.15) is 24.6 Å². The molecule has 2 aromatic heterocycles. The lowest BCUT2D eigenvalue weighted by Crippen LogP contribution is -2.08. The molecule has 1 aliphatic rings. The summed E-state index contributed by atoms with van der Waals surface area (Å²) in [5.74, 6) is 0.893. The van der Waals surface area contributed by atoms with Crippen LogP contribution in [-0.4, -0.2) is 32.1 Å². The molecule has 0 aliphatic carbocycles. The molecule has 1 fully saturated rings. The van der Waals surface area contributed by atoms with E-state index < -0.39 is 0 Å². The summed E-state index contributed by atoms with van der Waals surface area (Å²) in [6, 6.07) is 0. The van der Waals surface area contributed by atoms with Crippen molar-refractivity contribution in [3.63, 3.8) is 0 Å². The van der Waals surface area contributed by atoms with Gasteiger partial charge in [0.25, 0.3) is 0 Å². The van der Waals surface area contributed by atoms with Crippen LogP contribution in [-0.2, 0) is 4.74 Å². The normalized spacial score (nSPS) is 24.5. The van der Waals surface area contributed by atoms with Crippen molar-refractivity contribution in [2.45, 2.75) is 25.0 Å². The van der Waals surface area contributed by atoms with Crippen molar-refractivity contribution >= 4 is 28.5 Å². The van der Waals surface area contributed by atoms with Gasteiger partial charge in [0.05, 0.1) is 11.8 Å². The van der Waals surface area contributed by atoms with Crippen molar-refractivity contribution in [3.8, 4) is 0 Å². The molecule has 3 rings (SSSR count). The largest absolute Gasteiger partial charge is 0.382 e. The molecule has 3 heterocycles. The summed E-state index contributed by atoms with van der Waals surface area (Å²) < 4.78 is 5.80. The summed E-state index contributed by atoms with van der Waals surface area (Å²) in [6.07, 6.45) is 3.38. The second-order valence-electron chi connectivity index (χ2n) is 4.07. The Morgan fingerprint density at radius 3 is 3.06 bits per heavy atom. The zero-order valence-corrected chi connectivity index (χ0v) is 9.81. The lowest BCUT2D eigenvalue weighted by molar-refractivity contribution is 0.0556. The number of anilines is 1. The summed E-state index contributed by atoms with van der Waals surface area (Å²) in [6.45, 7) is 0. The van der Waals surface area contributed by atoms with Gasteiger partial charge in [0.2, 0.25) is 0 Å². The fourth-order valence-corrected chi connectivity index (χ4v) is 2.35. The van der Waals surface area contributed by atoms with E-state index in [4.69, 9.17) is 22.1 Å². The average molecular weight is 254 g/mol. The van der Waals surface area contributed by atoms with Crippen LogP contribution in [0.3, 0.4) is 0 Å². The Morgan fingerprint density at radius 2 is 2.29 bits per heavy atom. The Kier molecular flexibility index (Phi) is 2.60. The number of nitrogen functional groups attached to an aromatic ring is 1. The molecule has 0 aromatic carbocycles. The molecule has 2 unspecified atom stereocenters. The number of rotatable bonds is 2. The third kappa shape index (κ3) is 1.73. The van der Waals surface area contributed by atoms with Gasteiger partial charge in [-0.05, 0) is 12.8 Å². The molecule has 0 saturated carbocycles. The lowest BCUT2D eigenvalue weighted by Gasteiger charge is -2.09. The molecule has 3 N–H and O–H groups in total. The maximum atomic E-state index is 5.80. The SMILES string of the molecule is Nc1ncnc2c(C3CCC(CCl)O3)[nH]nc12. The number of fused-ring (bicyclic) bond motifs is 1. The van der Waals surface area contributed by atoms with Gasteiger partial charge in [0, 0.05) is 5.88 Å². The zero-order chi connectivity index (χ0) is 11.8. The molecule has 0 radical (unpaired) electrons. The fourth-order valence-electron chi connectivity index (χ4n) is 2.12. The van der Waals surface area contributed by atoms with Crippen molar-refractivity contribution in [3.05, 3.63) is 12.0 Å². The zero-order valence-electron chi connectivity index (χ0n) is 9.06. The number of H-pyrrole nitrogens is 1. The predicted molar refractivity (Wildman–Crippen MR) is 63.7 cm³/mol. The summed E-state index contributed by atoms with van der Waals surface area (Å²) in [5.41, 5.74) is 7.92. The highest BCUT2D eigenvalue weighted by atomic mass is 35.5. The Morgan fingerprint density at radius 1 is 1.41 bits per heavy atom. The van der Waals surface area contributed by atoms with Crippen LogP contribution in [0.5, 0.6) is 0 Å². The molecule has 1 saturated heterocycles. The molecule has 1 aliphatic heterocycles. The van der Waals surface area contributed by atoms with Crippen LogP contribution < -0.4 is 5.73 Å². The van der Waals surface area contributed by atoms with Gasteiger partial charge in [-0.25, -0.2) is 9.97 Å². The fraction of sp³-hybridized carbons (Fsp3) is 0.500. The number of nitrogens with one attached hydrogen (secondary N) is 1. The topological polar surface area (TPSA) is 89.7 Å². The smallest absolute Gasteiger partial charge is 0.155 e. The van der Waals surface area contributed by atoms with Crippen LogP contribution in [0.4, 0.5) is 5.82 Å². The predicted octanol–water partition coefficient (Wildman–Crippen LogP) is 1.39. The number of nitrogens with two attached hydrogens (primary N) is 1. The van der Waals surface area contributed by atoms with Gasteiger partial charge in [-0.2, -0.15) is 5.10 Å². The van der Waals surface area contributed by atoms with Crippen LogP contribution >= 0.6 is 11.6 Å². The number of hydrogen-bond donors (Lipinski definition) is 2. The highest BCUT2D eigenvalue weighted by molar-refractivity contribution is 6.18. The maximum Gasteiger partial charge on any atom is 0.155 e. The van der Waals surface area contributed by atoms with E-state index in [0.29, 0.717) is 17.2 Å². The lowest BCUT2D eigenvalue weighted by atomic mass is 10.1. The van der Waals surface area contributed by atoms with Crippen LogP contribution in [0.15, 0.2) is 6.33 Å².